The van der Waals surface area contributed by atoms with E-state index in [2.05, 4.69) is 31.0 Å². The van der Waals surface area contributed by atoms with Gasteiger partial charge in [-0.3, -0.25) is 0 Å². The number of hydrogen-bond donors (Lipinski definition) is 3. The third kappa shape index (κ3) is 5.92. The highest BCUT2D eigenvalue weighted by molar-refractivity contribution is 6.29. The minimum absolute atomic E-state index is 0.250. The predicted octanol–water partition coefficient (Wildman–Crippen LogP) is 2.95. The van der Waals surface area contributed by atoms with Gasteiger partial charge in [0.1, 0.15) is 0 Å². The number of nitrogens with two attached hydrogens (primary N) is 2. The molecule has 2 fully saturated rings. The Hall–Kier alpha value is -0.870. The van der Waals surface area contributed by atoms with Gasteiger partial charge in [-0.25, -0.2) is 0 Å². The number of nitrogens with one attached hydrogen (secondary N) is 1. The fraction of sp³-hybridized carbons (Fsp3) is 0.778. The summed E-state index contributed by atoms with van der Waals surface area (Å²) in [6.07, 6.45) is 8.63. The second-order valence-corrected chi connectivity index (χ2v) is 8.91. The molecule has 23 heavy (non-hydrogen) atoms. The fourth-order valence-corrected chi connectivity index (χ4v) is 3.58. The molecule has 1 spiro atoms. The molecule has 1 saturated carbocycles. The van der Waals surface area contributed by atoms with Gasteiger partial charge in [-0.05, 0) is 74.2 Å². The zero-order valence-corrected chi connectivity index (χ0v) is 15.6. The molecule has 1 atom stereocenters. The molecule has 1 aliphatic carbocycles. The molecule has 1 unspecified atom stereocenters. The van der Waals surface area contributed by atoms with Crippen LogP contribution in [0.1, 0.15) is 46.5 Å². The van der Waals surface area contributed by atoms with Gasteiger partial charge in [0.2, 0.25) is 0 Å². The minimum atomic E-state index is 0.250. The van der Waals surface area contributed by atoms with Crippen LogP contribution in [-0.2, 0) is 0 Å². The molecule has 1 saturated heterocycles. The Bertz CT molecular complexity index is 452. The smallest absolute Gasteiger partial charge is 0.0993 e. The number of hydrogen-bond acceptors (Lipinski definition) is 4. The number of rotatable bonds is 6. The van der Waals surface area contributed by atoms with Crippen LogP contribution in [0.4, 0.5) is 0 Å². The van der Waals surface area contributed by atoms with Crippen molar-refractivity contribution in [3.63, 3.8) is 0 Å². The lowest BCUT2D eigenvalue weighted by molar-refractivity contribution is 0.146. The average Bonchev–Trinajstić information content (AvgIpc) is 3.14. The molecule has 0 bridgehead atoms. The molecule has 5 N–H and O–H groups in total. The van der Waals surface area contributed by atoms with Gasteiger partial charge in [-0.15, -0.1) is 0 Å². The SMILES string of the molecule is CC(C)(C)CCN1CCC2(CC1)CC2CN/C(N)=C/C=C(\N)Cl. The third-order valence-corrected chi connectivity index (χ3v) is 5.49. The van der Waals surface area contributed by atoms with Crippen LogP contribution in [0.15, 0.2) is 23.1 Å². The Labute approximate surface area is 146 Å². The maximum atomic E-state index is 5.90. The quantitative estimate of drug-likeness (QED) is 0.513. The van der Waals surface area contributed by atoms with Crippen LogP contribution < -0.4 is 16.8 Å². The van der Waals surface area contributed by atoms with E-state index in [-0.39, 0.29) is 5.16 Å². The Balaban J connectivity index is 1.68. The first-order valence-corrected chi connectivity index (χ1v) is 9.13. The second-order valence-electron chi connectivity index (χ2n) is 8.47. The number of allylic oxidation sites excluding steroid dienone is 2. The summed E-state index contributed by atoms with van der Waals surface area (Å²) in [6, 6.07) is 0. The van der Waals surface area contributed by atoms with E-state index in [0.717, 1.165) is 12.5 Å². The topological polar surface area (TPSA) is 67.3 Å². The first-order chi connectivity index (χ1) is 10.7. The number of piperidine rings is 1. The molecule has 2 rings (SSSR count). The highest BCUT2D eigenvalue weighted by Gasteiger charge is 2.54. The van der Waals surface area contributed by atoms with Gasteiger partial charge in [0, 0.05) is 6.54 Å². The first-order valence-electron chi connectivity index (χ1n) is 8.75. The zero-order valence-electron chi connectivity index (χ0n) is 14.9. The zero-order chi connectivity index (χ0) is 17.1. The van der Waals surface area contributed by atoms with Gasteiger partial charge < -0.3 is 21.7 Å². The maximum Gasteiger partial charge on any atom is 0.0993 e. The van der Waals surface area contributed by atoms with Crippen LogP contribution in [0.2, 0.25) is 0 Å². The van der Waals surface area contributed by atoms with Crippen molar-refractivity contribution < 1.29 is 0 Å². The van der Waals surface area contributed by atoms with Gasteiger partial charge in [0.15, 0.2) is 0 Å². The van der Waals surface area contributed by atoms with Crippen molar-refractivity contribution in [2.24, 2.45) is 28.2 Å². The van der Waals surface area contributed by atoms with Crippen LogP contribution in [0, 0.1) is 16.7 Å². The van der Waals surface area contributed by atoms with Gasteiger partial charge in [-0.1, -0.05) is 32.4 Å². The van der Waals surface area contributed by atoms with Crippen LogP contribution in [0.3, 0.4) is 0 Å². The molecule has 0 aromatic heterocycles. The summed E-state index contributed by atoms with van der Waals surface area (Å²) in [5.74, 6) is 1.40. The summed E-state index contributed by atoms with van der Waals surface area (Å²) in [7, 11) is 0. The maximum absolute atomic E-state index is 5.90. The van der Waals surface area contributed by atoms with Crippen LogP contribution in [0.25, 0.3) is 0 Å². The summed E-state index contributed by atoms with van der Waals surface area (Å²) in [6.45, 7) is 11.7. The van der Waals surface area contributed by atoms with E-state index in [4.69, 9.17) is 23.1 Å². The van der Waals surface area contributed by atoms with Crippen molar-refractivity contribution in [1.29, 1.82) is 0 Å². The van der Waals surface area contributed by atoms with Crippen LogP contribution in [-0.4, -0.2) is 31.1 Å². The molecule has 0 radical (unpaired) electrons. The standard InChI is InChI=1S/C18H33ClN4/c1-17(2,3)6-9-23-10-7-18(8-11-23)12-14(18)13-22-16(21)5-4-15(19)20/h4-5,14,22H,6-13,20-21H2,1-3H3/b15-4-,16-5+. The molecule has 1 aliphatic heterocycles. The van der Waals surface area contributed by atoms with Crippen molar-refractivity contribution in [1.82, 2.24) is 10.2 Å². The summed E-state index contributed by atoms with van der Waals surface area (Å²) in [5.41, 5.74) is 12.3. The molecule has 0 aromatic carbocycles. The van der Waals surface area contributed by atoms with Gasteiger partial charge in [0.25, 0.3) is 0 Å². The van der Waals surface area contributed by atoms with E-state index in [1.165, 1.54) is 45.3 Å². The second kappa shape index (κ2) is 7.35. The van der Waals surface area contributed by atoms with E-state index in [9.17, 15) is 0 Å². The molecule has 4 nitrogen and oxygen atoms in total. The van der Waals surface area contributed by atoms with Gasteiger partial charge in [-0.2, -0.15) is 0 Å². The van der Waals surface area contributed by atoms with E-state index in [1.807, 2.05) is 0 Å². The summed E-state index contributed by atoms with van der Waals surface area (Å²) in [4.78, 5) is 2.64. The van der Waals surface area contributed by atoms with Crippen LogP contribution >= 0.6 is 11.6 Å². The minimum Gasteiger partial charge on any atom is -0.389 e. The van der Waals surface area contributed by atoms with E-state index < -0.39 is 0 Å². The third-order valence-electron chi connectivity index (χ3n) is 5.36. The van der Waals surface area contributed by atoms with Crippen molar-refractivity contribution >= 4 is 11.6 Å². The molecule has 132 valence electrons. The van der Waals surface area contributed by atoms with Crippen LogP contribution in [0.5, 0.6) is 0 Å². The highest BCUT2D eigenvalue weighted by atomic mass is 35.5. The molecular formula is C18H33ClN4. The lowest BCUT2D eigenvalue weighted by Crippen LogP contribution is -2.37. The van der Waals surface area contributed by atoms with Crippen molar-refractivity contribution in [3.8, 4) is 0 Å². The van der Waals surface area contributed by atoms with Crippen molar-refractivity contribution in [2.45, 2.75) is 46.5 Å². The normalized spacial score (nSPS) is 25.7. The predicted molar refractivity (Wildman–Crippen MR) is 98.7 cm³/mol. The molecule has 1 heterocycles. The molecule has 0 amide bonds. The number of nitrogens with zero attached hydrogens (tertiary/aromatic N) is 1. The lowest BCUT2D eigenvalue weighted by atomic mass is 9.88. The highest BCUT2D eigenvalue weighted by Crippen LogP contribution is 2.59. The summed E-state index contributed by atoms with van der Waals surface area (Å²) >= 11 is 5.59. The Morgan fingerprint density at radius 1 is 1.26 bits per heavy atom. The van der Waals surface area contributed by atoms with E-state index in [0.29, 0.717) is 16.7 Å². The Morgan fingerprint density at radius 2 is 1.91 bits per heavy atom. The summed E-state index contributed by atoms with van der Waals surface area (Å²) in [5, 5.41) is 3.54. The largest absolute Gasteiger partial charge is 0.389 e. The first kappa shape index (κ1) is 18.5. The average molecular weight is 341 g/mol. The Kier molecular flexibility index (Phi) is 5.90. The monoisotopic (exact) mass is 340 g/mol. The molecular weight excluding hydrogens is 308 g/mol. The Morgan fingerprint density at radius 3 is 2.48 bits per heavy atom. The fourth-order valence-electron chi connectivity index (χ4n) is 3.52. The number of likely N-dealkylation sites (tertiary alicyclic amines) is 1. The molecule has 5 heteroatoms. The van der Waals surface area contributed by atoms with Gasteiger partial charge in [0.05, 0.1) is 11.0 Å². The molecule has 2 aliphatic rings. The lowest BCUT2D eigenvalue weighted by Gasteiger charge is -2.34. The van der Waals surface area contributed by atoms with E-state index in [1.54, 1.807) is 12.2 Å². The molecule has 0 aromatic rings. The van der Waals surface area contributed by atoms with Crippen molar-refractivity contribution in [2.75, 3.05) is 26.2 Å². The summed E-state index contributed by atoms with van der Waals surface area (Å²) < 4.78 is 0. The van der Waals surface area contributed by atoms with Gasteiger partial charge >= 0.3 is 0 Å². The van der Waals surface area contributed by atoms with E-state index >= 15 is 0 Å². The van der Waals surface area contributed by atoms with Crippen molar-refractivity contribution in [3.05, 3.63) is 23.1 Å². The number of halogens is 1.